The van der Waals surface area contributed by atoms with Gasteiger partial charge in [0.1, 0.15) is 5.75 Å². The molecule has 0 spiro atoms. The van der Waals surface area contributed by atoms with Gasteiger partial charge in [0.2, 0.25) is 0 Å². The van der Waals surface area contributed by atoms with Crippen LogP contribution in [0.3, 0.4) is 0 Å². The molecular formula is C20H19ClN6O4. The second-order valence-corrected chi connectivity index (χ2v) is 7.53. The lowest BCUT2D eigenvalue weighted by Gasteiger charge is -2.36. The maximum Gasteiger partial charge on any atom is 0.274 e. The lowest BCUT2D eigenvalue weighted by Crippen LogP contribution is -2.49. The number of nitrogens with zero attached hydrogens (tertiary/aromatic N) is 6. The number of aromatic nitrogens is 3. The highest BCUT2D eigenvalue weighted by atomic mass is 35.5. The summed E-state index contributed by atoms with van der Waals surface area (Å²) in [4.78, 5) is 27.4. The second kappa shape index (κ2) is 8.23. The van der Waals surface area contributed by atoms with E-state index in [1.54, 1.807) is 30.0 Å². The van der Waals surface area contributed by atoms with Crippen molar-refractivity contribution < 1.29 is 14.8 Å². The third kappa shape index (κ3) is 4.02. The molecule has 1 aromatic heterocycles. The zero-order valence-electron chi connectivity index (χ0n) is 16.6. The van der Waals surface area contributed by atoms with E-state index in [9.17, 15) is 20.0 Å². The minimum atomic E-state index is -0.486. The number of nitro groups is 1. The molecule has 0 bridgehead atoms. The van der Waals surface area contributed by atoms with Gasteiger partial charge in [-0.25, -0.2) is 4.68 Å². The van der Waals surface area contributed by atoms with Crippen molar-refractivity contribution in [2.45, 2.75) is 6.92 Å². The van der Waals surface area contributed by atoms with E-state index < -0.39 is 4.92 Å². The van der Waals surface area contributed by atoms with Crippen LogP contribution in [0.4, 0.5) is 11.4 Å². The van der Waals surface area contributed by atoms with Gasteiger partial charge in [0.15, 0.2) is 5.69 Å². The molecular weight excluding hydrogens is 424 g/mol. The van der Waals surface area contributed by atoms with Gasteiger partial charge in [-0.05, 0) is 37.3 Å². The van der Waals surface area contributed by atoms with Gasteiger partial charge in [-0.1, -0.05) is 16.8 Å². The van der Waals surface area contributed by atoms with Crippen LogP contribution in [-0.2, 0) is 0 Å². The molecule has 2 heterocycles. The Morgan fingerprint density at radius 2 is 1.81 bits per heavy atom. The Morgan fingerprint density at radius 3 is 2.42 bits per heavy atom. The molecule has 1 saturated heterocycles. The van der Waals surface area contributed by atoms with Crippen LogP contribution >= 0.6 is 11.6 Å². The predicted octanol–water partition coefficient (Wildman–Crippen LogP) is 2.81. The topological polar surface area (TPSA) is 118 Å². The summed E-state index contributed by atoms with van der Waals surface area (Å²) >= 11 is 6.24. The molecule has 1 aliphatic heterocycles. The number of carbonyl (C=O) groups is 1. The fraction of sp³-hybridized carbons (Fsp3) is 0.250. The summed E-state index contributed by atoms with van der Waals surface area (Å²) in [5, 5.41) is 28.8. The summed E-state index contributed by atoms with van der Waals surface area (Å²) in [6, 6.07) is 10.7. The zero-order valence-corrected chi connectivity index (χ0v) is 17.4. The average molecular weight is 443 g/mol. The lowest BCUT2D eigenvalue weighted by atomic mass is 10.2. The summed E-state index contributed by atoms with van der Waals surface area (Å²) in [6.45, 7) is 3.69. The molecule has 1 aliphatic rings. The van der Waals surface area contributed by atoms with Gasteiger partial charge in [0.05, 0.1) is 27.0 Å². The minimum Gasteiger partial charge on any atom is -0.508 e. The minimum absolute atomic E-state index is 0.0620. The Balaban J connectivity index is 1.50. The molecule has 0 unspecified atom stereocenters. The summed E-state index contributed by atoms with van der Waals surface area (Å²) < 4.78 is 1.47. The van der Waals surface area contributed by atoms with E-state index in [2.05, 4.69) is 10.3 Å². The van der Waals surface area contributed by atoms with Crippen LogP contribution in [0.2, 0.25) is 5.02 Å². The maximum absolute atomic E-state index is 13.2. The second-order valence-electron chi connectivity index (χ2n) is 7.12. The number of rotatable bonds is 4. The van der Waals surface area contributed by atoms with Crippen LogP contribution in [-0.4, -0.2) is 62.0 Å². The van der Waals surface area contributed by atoms with Gasteiger partial charge in [-0.3, -0.25) is 14.9 Å². The van der Waals surface area contributed by atoms with Crippen LogP contribution in [0.5, 0.6) is 5.75 Å². The van der Waals surface area contributed by atoms with Crippen LogP contribution in [0.1, 0.15) is 16.2 Å². The number of phenols is 1. The van der Waals surface area contributed by atoms with E-state index in [-0.39, 0.29) is 17.3 Å². The first-order valence-corrected chi connectivity index (χ1v) is 9.93. The SMILES string of the molecule is Cc1nnn(-c2ccc(O)cc2)c1C(=O)N1CCN(c2ccc([N+](=O)[O-])cc2Cl)CC1. The number of hydrogen-bond donors (Lipinski definition) is 1. The third-order valence-electron chi connectivity index (χ3n) is 5.19. The smallest absolute Gasteiger partial charge is 0.274 e. The molecule has 10 nitrogen and oxygen atoms in total. The van der Waals surface area contributed by atoms with Gasteiger partial charge >= 0.3 is 0 Å². The lowest BCUT2D eigenvalue weighted by molar-refractivity contribution is -0.384. The summed E-state index contributed by atoms with van der Waals surface area (Å²) in [6.07, 6.45) is 0. The third-order valence-corrected chi connectivity index (χ3v) is 5.49. The highest BCUT2D eigenvalue weighted by Gasteiger charge is 2.28. The van der Waals surface area contributed by atoms with Crippen molar-refractivity contribution in [1.82, 2.24) is 19.9 Å². The van der Waals surface area contributed by atoms with Crippen molar-refractivity contribution in [1.29, 1.82) is 0 Å². The van der Waals surface area contributed by atoms with Crippen molar-refractivity contribution in [3.63, 3.8) is 0 Å². The van der Waals surface area contributed by atoms with Gasteiger partial charge in [-0.15, -0.1) is 5.10 Å². The molecule has 3 aromatic rings. The van der Waals surface area contributed by atoms with Crippen LogP contribution in [0.15, 0.2) is 42.5 Å². The zero-order chi connectivity index (χ0) is 22.1. The predicted molar refractivity (Wildman–Crippen MR) is 114 cm³/mol. The van der Waals surface area contributed by atoms with Gasteiger partial charge in [0, 0.05) is 38.3 Å². The first-order valence-electron chi connectivity index (χ1n) is 9.55. The normalized spacial score (nSPS) is 14.0. The van der Waals surface area contributed by atoms with Crippen molar-refractivity contribution in [3.05, 3.63) is 69.0 Å². The molecule has 1 amide bonds. The van der Waals surface area contributed by atoms with E-state index in [1.165, 1.54) is 28.9 Å². The highest BCUT2D eigenvalue weighted by molar-refractivity contribution is 6.33. The van der Waals surface area contributed by atoms with E-state index in [0.29, 0.717) is 54.0 Å². The van der Waals surface area contributed by atoms with Crippen LogP contribution < -0.4 is 4.90 Å². The number of benzene rings is 2. The van der Waals surface area contributed by atoms with Crippen molar-refractivity contribution in [2.75, 3.05) is 31.1 Å². The number of piperazine rings is 1. The van der Waals surface area contributed by atoms with E-state index in [1.807, 2.05) is 4.90 Å². The largest absolute Gasteiger partial charge is 0.508 e. The Labute approximate surface area is 182 Å². The fourth-order valence-electron chi connectivity index (χ4n) is 3.54. The maximum atomic E-state index is 13.2. The quantitative estimate of drug-likeness (QED) is 0.487. The average Bonchev–Trinajstić information content (AvgIpc) is 3.15. The molecule has 0 aliphatic carbocycles. The van der Waals surface area contributed by atoms with Gasteiger partial charge in [0.25, 0.3) is 11.6 Å². The number of anilines is 1. The van der Waals surface area contributed by atoms with Crippen molar-refractivity contribution in [3.8, 4) is 11.4 Å². The molecule has 2 aromatic carbocycles. The van der Waals surface area contributed by atoms with Crippen LogP contribution in [0.25, 0.3) is 5.69 Å². The van der Waals surface area contributed by atoms with E-state index in [0.717, 1.165) is 0 Å². The summed E-state index contributed by atoms with van der Waals surface area (Å²) in [5.41, 5.74) is 2.14. The molecule has 0 radical (unpaired) electrons. The number of carbonyl (C=O) groups excluding carboxylic acids is 1. The standard InChI is InChI=1S/C20H19ClN6O4/c1-13-19(26(23-22-13)14-2-5-16(28)6-3-14)20(29)25-10-8-24(9-11-25)18-7-4-15(27(30)31)12-17(18)21/h2-7,12,28H,8-11H2,1H3. The Hall–Kier alpha value is -3.66. The first kappa shape index (κ1) is 20.6. The van der Waals surface area contributed by atoms with E-state index in [4.69, 9.17) is 11.6 Å². The molecule has 0 saturated carbocycles. The molecule has 0 atom stereocenters. The molecule has 1 N–H and O–H groups in total. The van der Waals surface area contributed by atoms with Gasteiger partial charge in [-0.2, -0.15) is 0 Å². The number of non-ortho nitro benzene ring substituents is 1. The molecule has 31 heavy (non-hydrogen) atoms. The van der Waals surface area contributed by atoms with Crippen molar-refractivity contribution >= 4 is 28.9 Å². The number of halogens is 1. The number of phenolic OH excluding ortho intramolecular Hbond substituents is 1. The summed E-state index contributed by atoms with van der Waals surface area (Å²) in [7, 11) is 0. The Bertz CT molecular complexity index is 1140. The first-order chi connectivity index (χ1) is 14.8. The number of hydrogen-bond acceptors (Lipinski definition) is 7. The number of aryl methyl sites for hydroxylation is 1. The van der Waals surface area contributed by atoms with Gasteiger partial charge < -0.3 is 14.9 Å². The highest BCUT2D eigenvalue weighted by Crippen LogP contribution is 2.30. The Kier molecular flexibility index (Phi) is 5.47. The van der Waals surface area contributed by atoms with Crippen LogP contribution in [0, 0.1) is 17.0 Å². The number of amides is 1. The fourth-order valence-corrected chi connectivity index (χ4v) is 3.84. The molecule has 160 valence electrons. The number of nitro benzene ring substituents is 1. The summed E-state index contributed by atoms with van der Waals surface area (Å²) in [5.74, 6) is -0.0699. The molecule has 4 rings (SSSR count). The number of aromatic hydroxyl groups is 1. The monoisotopic (exact) mass is 442 g/mol. The molecule has 11 heteroatoms. The Morgan fingerprint density at radius 1 is 1.13 bits per heavy atom. The van der Waals surface area contributed by atoms with E-state index >= 15 is 0 Å². The molecule has 1 fully saturated rings. The van der Waals surface area contributed by atoms with Crippen molar-refractivity contribution in [2.24, 2.45) is 0 Å².